The Morgan fingerprint density at radius 2 is 1.44 bits per heavy atom. The molecule has 0 bridgehead atoms. The maximum Gasteiger partial charge on any atom is 0.264 e. The number of para-hydroxylation sites is 1. The fraction of sp³-hybridized carbons (Fsp3) is 0.355. The van der Waals surface area contributed by atoms with Crippen molar-refractivity contribution in [3.63, 3.8) is 0 Å². The van der Waals surface area contributed by atoms with E-state index < -0.39 is 28.5 Å². The molecule has 0 saturated carbocycles. The summed E-state index contributed by atoms with van der Waals surface area (Å²) in [6, 6.07) is 22.1. The summed E-state index contributed by atoms with van der Waals surface area (Å²) >= 11 is 0. The lowest BCUT2D eigenvalue weighted by molar-refractivity contribution is -0.139. The number of carbonyl (C=O) groups is 2. The molecule has 0 fully saturated rings. The van der Waals surface area contributed by atoms with Crippen molar-refractivity contribution in [2.24, 2.45) is 0 Å². The smallest absolute Gasteiger partial charge is 0.264 e. The van der Waals surface area contributed by atoms with Gasteiger partial charge in [0.2, 0.25) is 11.8 Å². The van der Waals surface area contributed by atoms with Gasteiger partial charge in [0.1, 0.15) is 12.6 Å². The highest BCUT2D eigenvalue weighted by molar-refractivity contribution is 7.92. The first-order valence-corrected chi connectivity index (χ1v) is 14.8. The highest BCUT2D eigenvalue weighted by Gasteiger charge is 2.33. The van der Waals surface area contributed by atoms with Crippen LogP contribution in [-0.2, 0) is 32.6 Å². The SMILES string of the molecule is CCc1ccccc1N(CC(=O)N(Cc1ccccc1C)[C@H](C)C(=O)N[C@H](C)CC)S(=O)(=O)c1ccccc1. The molecule has 3 aromatic rings. The Kier molecular flexibility index (Phi) is 10.3. The number of anilines is 1. The second-order valence-corrected chi connectivity index (χ2v) is 11.6. The Bertz CT molecular complexity index is 1380. The minimum Gasteiger partial charge on any atom is -0.352 e. The first kappa shape index (κ1) is 29.9. The van der Waals surface area contributed by atoms with Gasteiger partial charge >= 0.3 is 0 Å². The standard InChI is InChI=1S/C31H39N3O4S/c1-6-24(4)32-31(36)25(5)33(21-27-17-12-11-15-23(27)3)30(35)22-34(29-20-14-13-16-26(29)7-2)39(37,38)28-18-9-8-10-19-28/h8-20,24-25H,6-7,21-22H2,1-5H3,(H,32,36)/t24-,25-/m1/s1. The number of nitrogens with one attached hydrogen (secondary N) is 1. The molecule has 3 aromatic carbocycles. The third-order valence-corrected chi connectivity index (χ3v) is 8.80. The first-order chi connectivity index (χ1) is 18.6. The first-order valence-electron chi connectivity index (χ1n) is 13.4. The van der Waals surface area contributed by atoms with E-state index in [0.29, 0.717) is 12.1 Å². The van der Waals surface area contributed by atoms with Crippen molar-refractivity contribution in [1.82, 2.24) is 10.2 Å². The maximum atomic E-state index is 14.1. The molecule has 0 unspecified atom stereocenters. The average molecular weight is 550 g/mol. The lowest BCUT2D eigenvalue weighted by atomic mass is 10.1. The van der Waals surface area contributed by atoms with E-state index in [4.69, 9.17) is 0 Å². The molecule has 0 radical (unpaired) electrons. The zero-order chi connectivity index (χ0) is 28.6. The Hall–Kier alpha value is -3.65. The molecule has 0 aliphatic rings. The molecule has 0 aliphatic carbocycles. The second-order valence-electron chi connectivity index (χ2n) is 9.75. The number of hydrogen-bond acceptors (Lipinski definition) is 4. The third kappa shape index (κ3) is 7.26. The number of hydrogen-bond donors (Lipinski definition) is 1. The minimum atomic E-state index is -4.08. The van der Waals surface area contributed by atoms with Gasteiger partial charge in [-0.1, -0.05) is 74.5 Å². The van der Waals surface area contributed by atoms with Crippen LogP contribution in [0.25, 0.3) is 0 Å². The highest BCUT2D eigenvalue weighted by Crippen LogP contribution is 2.28. The third-order valence-electron chi connectivity index (χ3n) is 7.02. The summed E-state index contributed by atoms with van der Waals surface area (Å²) in [5.41, 5.74) is 3.12. The molecule has 0 heterocycles. The van der Waals surface area contributed by atoms with Gasteiger partial charge in [0.15, 0.2) is 0 Å². The van der Waals surface area contributed by atoms with E-state index in [9.17, 15) is 18.0 Å². The van der Waals surface area contributed by atoms with Gasteiger partial charge in [-0.05, 0) is 68.5 Å². The van der Waals surface area contributed by atoms with Gasteiger partial charge in [-0.3, -0.25) is 13.9 Å². The molecule has 8 heteroatoms. The van der Waals surface area contributed by atoms with Gasteiger partial charge in [0.05, 0.1) is 10.6 Å². The van der Waals surface area contributed by atoms with Crippen LogP contribution in [0.3, 0.4) is 0 Å². The van der Waals surface area contributed by atoms with Crippen molar-refractivity contribution >= 4 is 27.5 Å². The van der Waals surface area contributed by atoms with Crippen molar-refractivity contribution in [3.05, 3.63) is 95.6 Å². The fourth-order valence-electron chi connectivity index (χ4n) is 4.31. The quantitative estimate of drug-likeness (QED) is 0.341. The summed E-state index contributed by atoms with van der Waals surface area (Å²) in [6.07, 6.45) is 1.34. The van der Waals surface area contributed by atoms with Crippen LogP contribution in [0, 0.1) is 6.92 Å². The molecule has 39 heavy (non-hydrogen) atoms. The molecule has 0 saturated heterocycles. The number of sulfonamides is 1. The Morgan fingerprint density at radius 1 is 0.846 bits per heavy atom. The van der Waals surface area contributed by atoms with Gasteiger partial charge in [0, 0.05) is 12.6 Å². The molecule has 1 N–H and O–H groups in total. The Labute approximate surface area is 232 Å². The summed E-state index contributed by atoms with van der Waals surface area (Å²) < 4.78 is 29.0. The Balaban J connectivity index is 2.06. The molecular formula is C31H39N3O4S. The van der Waals surface area contributed by atoms with Crippen LogP contribution in [0.1, 0.15) is 50.8 Å². The van der Waals surface area contributed by atoms with Crippen molar-refractivity contribution in [1.29, 1.82) is 0 Å². The summed E-state index contributed by atoms with van der Waals surface area (Å²) in [5, 5.41) is 2.96. The molecule has 0 aromatic heterocycles. The van der Waals surface area contributed by atoms with E-state index >= 15 is 0 Å². The van der Waals surface area contributed by atoms with Crippen molar-refractivity contribution in [2.75, 3.05) is 10.8 Å². The normalized spacial score (nSPS) is 12.8. The zero-order valence-corrected chi connectivity index (χ0v) is 24.2. The van der Waals surface area contributed by atoms with Crippen LogP contribution in [-0.4, -0.2) is 43.8 Å². The largest absolute Gasteiger partial charge is 0.352 e. The molecule has 2 atom stereocenters. The summed E-state index contributed by atoms with van der Waals surface area (Å²) in [5.74, 6) is -0.742. The van der Waals surface area contributed by atoms with E-state index in [1.165, 1.54) is 21.3 Å². The van der Waals surface area contributed by atoms with Gasteiger partial charge < -0.3 is 10.2 Å². The van der Waals surface area contributed by atoms with E-state index in [-0.39, 0.29) is 23.4 Å². The predicted octanol–water partition coefficient (Wildman–Crippen LogP) is 5.08. The lowest BCUT2D eigenvalue weighted by Gasteiger charge is -2.33. The molecule has 2 amide bonds. The maximum absolute atomic E-state index is 14.1. The number of rotatable bonds is 12. The molecular weight excluding hydrogens is 510 g/mol. The summed E-state index contributed by atoms with van der Waals surface area (Å²) in [4.78, 5) is 28.8. The zero-order valence-electron chi connectivity index (χ0n) is 23.4. The highest BCUT2D eigenvalue weighted by atomic mass is 32.2. The predicted molar refractivity (Wildman–Crippen MR) is 156 cm³/mol. The molecule has 0 aliphatic heterocycles. The molecule has 3 rings (SSSR count). The second kappa shape index (κ2) is 13.4. The van der Waals surface area contributed by atoms with Crippen LogP contribution < -0.4 is 9.62 Å². The van der Waals surface area contributed by atoms with Crippen LogP contribution in [0.2, 0.25) is 0 Å². The van der Waals surface area contributed by atoms with E-state index in [1.54, 1.807) is 37.3 Å². The number of carbonyl (C=O) groups excluding carboxylic acids is 2. The van der Waals surface area contributed by atoms with E-state index in [1.807, 2.05) is 64.1 Å². The van der Waals surface area contributed by atoms with Gasteiger partial charge in [-0.25, -0.2) is 8.42 Å². The molecule has 7 nitrogen and oxygen atoms in total. The number of aryl methyl sites for hydroxylation is 2. The van der Waals surface area contributed by atoms with Crippen LogP contribution >= 0.6 is 0 Å². The number of nitrogens with zero attached hydrogens (tertiary/aromatic N) is 2. The molecule has 0 spiro atoms. The van der Waals surface area contributed by atoms with Crippen LogP contribution in [0.5, 0.6) is 0 Å². The average Bonchev–Trinajstić information content (AvgIpc) is 2.95. The van der Waals surface area contributed by atoms with Crippen molar-refractivity contribution in [3.8, 4) is 0 Å². The van der Waals surface area contributed by atoms with Gasteiger partial charge in [0.25, 0.3) is 10.0 Å². The van der Waals surface area contributed by atoms with Crippen molar-refractivity contribution in [2.45, 2.75) is 71.0 Å². The summed E-state index contributed by atoms with van der Waals surface area (Å²) in [6.45, 7) is 9.20. The van der Waals surface area contributed by atoms with Crippen LogP contribution in [0.4, 0.5) is 5.69 Å². The minimum absolute atomic E-state index is 0.0539. The fourth-order valence-corrected chi connectivity index (χ4v) is 5.78. The lowest BCUT2D eigenvalue weighted by Crippen LogP contribution is -2.52. The number of amides is 2. The summed E-state index contributed by atoms with van der Waals surface area (Å²) in [7, 11) is -4.08. The van der Waals surface area contributed by atoms with Crippen LogP contribution in [0.15, 0.2) is 83.8 Å². The van der Waals surface area contributed by atoms with Gasteiger partial charge in [-0.2, -0.15) is 0 Å². The van der Waals surface area contributed by atoms with Crippen molar-refractivity contribution < 1.29 is 18.0 Å². The number of benzene rings is 3. The van der Waals surface area contributed by atoms with E-state index in [2.05, 4.69) is 5.32 Å². The van der Waals surface area contributed by atoms with Gasteiger partial charge in [-0.15, -0.1) is 0 Å². The molecule has 208 valence electrons. The monoisotopic (exact) mass is 549 g/mol. The topological polar surface area (TPSA) is 86.8 Å². The van der Waals surface area contributed by atoms with E-state index in [0.717, 1.165) is 23.1 Å². The Morgan fingerprint density at radius 3 is 2.05 bits per heavy atom.